The molecular weight excluding hydrogens is 322 g/mol. The van der Waals surface area contributed by atoms with Gasteiger partial charge in [-0.25, -0.2) is 4.79 Å². The van der Waals surface area contributed by atoms with Crippen LogP contribution in [0, 0.1) is 5.92 Å². The third kappa shape index (κ3) is 3.91. The number of urea groups is 1. The molecular formula is C22H27N3O. The number of nitrogens with zero attached hydrogens (tertiary/aromatic N) is 2. The molecule has 1 N–H and O–H groups in total. The molecule has 2 amide bonds. The van der Waals surface area contributed by atoms with E-state index in [9.17, 15) is 4.79 Å². The Morgan fingerprint density at radius 3 is 2.38 bits per heavy atom. The number of hydrogen-bond donors (Lipinski definition) is 1. The molecule has 0 unspecified atom stereocenters. The standard InChI is InChI=1S/C22H27N3O/c26-22(23-13-11-18-7-3-1-4-8-18)24-14-12-20-16-25(21(20)17-24)15-19-9-5-2-6-10-19/h1-10,20-21H,11-17H2,(H,23,26)/t20-,21-/m1/s1. The summed E-state index contributed by atoms with van der Waals surface area (Å²) in [5.41, 5.74) is 2.62. The molecule has 2 fully saturated rings. The highest BCUT2D eigenvalue weighted by Gasteiger charge is 2.43. The van der Waals surface area contributed by atoms with Crippen molar-refractivity contribution in [2.75, 3.05) is 26.2 Å². The number of rotatable bonds is 5. The Labute approximate surface area is 155 Å². The van der Waals surface area contributed by atoms with Gasteiger partial charge in [0.25, 0.3) is 0 Å². The Morgan fingerprint density at radius 2 is 1.65 bits per heavy atom. The molecule has 2 atom stereocenters. The summed E-state index contributed by atoms with van der Waals surface area (Å²) in [6, 6.07) is 21.5. The lowest BCUT2D eigenvalue weighted by atomic mass is 9.82. The highest BCUT2D eigenvalue weighted by atomic mass is 16.2. The molecule has 0 radical (unpaired) electrons. The summed E-state index contributed by atoms with van der Waals surface area (Å²) in [5, 5.41) is 3.09. The van der Waals surface area contributed by atoms with E-state index in [4.69, 9.17) is 0 Å². The third-order valence-corrected chi connectivity index (χ3v) is 5.71. The summed E-state index contributed by atoms with van der Waals surface area (Å²) < 4.78 is 0. The van der Waals surface area contributed by atoms with Crippen LogP contribution in [0.1, 0.15) is 17.5 Å². The topological polar surface area (TPSA) is 35.6 Å². The summed E-state index contributed by atoms with van der Waals surface area (Å²) in [5.74, 6) is 0.757. The van der Waals surface area contributed by atoms with Crippen LogP contribution in [0.2, 0.25) is 0 Å². The Balaban J connectivity index is 1.25. The molecule has 0 aliphatic carbocycles. The van der Waals surface area contributed by atoms with E-state index >= 15 is 0 Å². The number of benzene rings is 2. The molecule has 0 bridgehead atoms. The molecule has 0 aromatic heterocycles. The van der Waals surface area contributed by atoms with E-state index in [0.717, 1.165) is 38.4 Å². The summed E-state index contributed by atoms with van der Waals surface area (Å²) in [7, 11) is 0. The molecule has 4 rings (SSSR count). The van der Waals surface area contributed by atoms with Gasteiger partial charge in [0.15, 0.2) is 0 Å². The number of likely N-dealkylation sites (tertiary alicyclic amines) is 2. The predicted molar refractivity (Wildman–Crippen MR) is 104 cm³/mol. The molecule has 2 heterocycles. The van der Waals surface area contributed by atoms with Crippen LogP contribution in [0.15, 0.2) is 60.7 Å². The molecule has 4 nitrogen and oxygen atoms in total. The number of carbonyl (C=O) groups excluding carboxylic acids is 1. The molecule has 2 aliphatic heterocycles. The number of hydrogen-bond acceptors (Lipinski definition) is 2. The second kappa shape index (κ2) is 7.92. The summed E-state index contributed by atoms with van der Waals surface area (Å²) in [6.07, 6.45) is 2.01. The smallest absolute Gasteiger partial charge is 0.317 e. The fourth-order valence-electron chi connectivity index (χ4n) is 4.16. The maximum Gasteiger partial charge on any atom is 0.317 e. The van der Waals surface area contributed by atoms with E-state index in [-0.39, 0.29) is 6.03 Å². The van der Waals surface area contributed by atoms with Gasteiger partial charge in [-0.3, -0.25) is 4.90 Å². The summed E-state index contributed by atoms with van der Waals surface area (Å²) >= 11 is 0. The van der Waals surface area contributed by atoms with E-state index < -0.39 is 0 Å². The Bertz CT molecular complexity index is 719. The minimum atomic E-state index is 0.0888. The Kier molecular flexibility index (Phi) is 5.21. The van der Waals surface area contributed by atoms with Crippen LogP contribution in [0.4, 0.5) is 4.79 Å². The van der Waals surface area contributed by atoms with Crippen LogP contribution in [0.5, 0.6) is 0 Å². The first-order chi connectivity index (χ1) is 12.8. The number of carbonyl (C=O) groups is 1. The molecule has 26 heavy (non-hydrogen) atoms. The monoisotopic (exact) mass is 349 g/mol. The lowest BCUT2D eigenvalue weighted by Crippen LogP contribution is -2.65. The van der Waals surface area contributed by atoms with Crippen molar-refractivity contribution in [2.24, 2.45) is 5.92 Å². The highest BCUT2D eigenvalue weighted by Crippen LogP contribution is 2.33. The summed E-state index contributed by atoms with van der Waals surface area (Å²) in [4.78, 5) is 17.0. The highest BCUT2D eigenvalue weighted by molar-refractivity contribution is 5.74. The van der Waals surface area contributed by atoms with Crippen molar-refractivity contribution in [3.63, 3.8) is 0 Å². The van der Waals surface area contributed by atoms with Gasteiger partial charge in [-0.1, -0.05) is 60.7 Å². The SMILES string of the molecule is O=C(NCCc1ccccc1)N1CC[C@@H]2CN(Cc3ccccc3)[C@@H]2C1. The second-order valence-corrected chi connectivity index (χ2v) is 7.44. The molecule has 0 spiro atoms. The Hall–Kier alpha value is -2.33. The van der Waals surface area contributed by atoms with Crippen LogP contribution in [0.25, 0.3) is 0 Å². The largest absolute Gasteiger partial charge is 0.338 e. The van der Waals surface area contributed by atoms with Crippen LogP contribution < -0.4 is 5.32 Å². The van der Waals surface area contributed by atoms with Gasteiger partial charge in [-0.2, -0.15) is 0 Å². The van der Waals surface area contributed by atoms with Crippen molar-refractivity contribution >= 4 is 6.03 Å². The molecule has 2 aromatic carbocycles. The lowest BCUT2D eigenvalue weighted by Gasteiger charge is -2.53. The first kappa shape index (κ1) is 17.1. The van der Waals surface area contributed by atoms with Crippen LogP contribution in [0.3, 0.4) is 0 Å². The second-order valence-electron chi connectivity index (χ2n) is 7.44. The van der Waals surface area contributed by atoms with Crippen molar-refractivity contribution in [2.45, 2.75) is 25.4 Å². The molecule has 4 heteroatoms. The normalized spacial score (nSPS) is 22.4. The molecule has 2 aromatic rings. The number of amides is 2. The van der Waals surface area contributed by atoms with Crippen molar-refractivity contribution in [1.29, 1.82) is 0 Å². The zero-order valence-electron chi connectivity index (χ0n) is 15.2. The van der Waals surface area contributed by atoms with Crippen LogP contribution in [-0.2, 0) is 13.0 Å². The summed E-state index contributed by atoms with van der Waals surface area (Å²) in [6.45, 7) is 4.60. The van der Waals surface area contributed by atoms with Crippen LogP contribution >= 0.6 is 0 Å². The molecule has 0 saturated carbocycles. The third-order valence-electron chi connectivity index (χ3n) is 5.71. The van der Waals surface area contributed by atoms with E-state index in [2.05, 4.69) is 52.7 Å². The van der Waals surface area contributed by atoms with Gasteiger partial charge >= 0.3 is 6.03 Å². The zero-order valence-corrected chi connectivity index (χ0v) is 15.2. The Morgan fingerprint density at radius 1 is 0.962 bits per heavy atom. The van der Waals surface area contributed by atoms with Gasteiger partial charge in [-0.05, 0) is 29.9 Å². The zero-order chi connectivity index (χ0) is 17.8. The van der Waals surface area contributed by atoms with Crippen LogP contribution in [-0.4, -0.2) is 48.1 Å². The predicted octanol–water partition coefficient (Wildman–Crippen LogP) is 3.15. The average Bonchev–Trinajstić information content (AvgIpc) is 2.68. The number of fused-ring (bicyclic) bond motifs is 1. The lowest BCUT2D eigenvalue weighted by molar-refractivity contribution is -0.0389. The van der Waals surface area contributed by atoms with E-state index in [1.165, 1.54) is 17.7 Å². The molecule has 2 saturated heterocycles. The van der Waals surface area contributed by atoms with Crippen molar-refractivity contribution < 1.29 is 4.79 Å². The van der Waals surface area contributed by atoms with Crippen molar-refractivity contribution in [3.05, 3.63) is 71.8 Å². The first-order valence-corrected chi connectivity index (χ1v) is 9.64. The maximum atomic E-state index is 12.5. The maximum absolute atomic E-state index is 12.5. The van der Waals surface area contributed by atoms with E-state index in [1.54, 1.807) is 0 Å². The average molecular weight is 349 g/mol. The molecule has 136 valence electrons. The van der Waals surface area contributed by atoms with Gasteiger partial charge < -0.3 is 10.2 Å². The quantitative estimate of drug-likeness (QED) is 0.900. The van der Waals surface area contributed by atoms with Gasteiger partial charge in [0.05, 0.1) is 0 Å². The number of nitrogens with one attached hydrogen (secondary N) is 1. The van der Waals surface area contributed by atoms with E-state index in [0.29, 0.717) is 12.6 Å². The fourth-order valence-corrected chi connectivity index (χ4v) is 4.16. The minimum absolute atomic E-state index is 0.0888. The fraction of sp³-hybridized carbons (Fsp3) is 0.409. The molecule has 2 aliphatic rings. The first-order valence-electron chi connectivity index (χ1n) is 9.64. The van der Waals surface area contributed by atoms with Gasteiger partial charge in [0, 0.05) is 38.8 Å². The van der Waals surface area contributed by atoms with E-state index in [1.807, 2.05) is 23.1 Å². The number of piperidine rings is 1. The van der Waals surface area contributed by atoms with Crippen molar-refractivity contribution in [1.82, 2.24) is 15.1 Å². The van der Waals surface area contributed by atoms with Gasteiger partial charge in [0.2, 0.25) is 0 Å². The van der Waals surface area contributed by atoms with Gasteiger partial charge in [0.1, 0.15) is 0 Å². The minimum Gasteiger partial charge on any atom is -0.338 e. The van der Waals surface area contributed by atoms with Crippen molar-refractivity contribution in [3.8, 4) is 0 Å². The van der Waals surface area contributed by atoms with Gasteiger partial charge in [-0.15, -0.1) is 0 Å².